The number of aryl methyl sites for hydroxylation is 4. The van der Waals surface area contributed by atoms with Gasteiger partial charge in [0, 0.05) is 68.4 Å². The maximum Gasteiger partial charge on any atom is 0.274 e. The molecule has 0 bridgehead atoms. The van der Waals surface area contributed by atoms with Crippen LogP contribution in [0.3, 0.4) is 0 Å². The highest BCUT2D eigenvalue weighted by atomic mass is 35.5. The molecule has 4 amide bonds. The standard InChI is InChI=1S/C32H35N5O.C28H29ClN6O.C28H29FN6O.C28H35N5O/c1-21-14-30(37(36-21)29-9-5-6-23(15-29)19-33)32(38)35-28-17-26(24-12-13-24)16-27(18-28)31(34-20-22-10-11-22)25-7-3-2-4-8-25;2*1-18-12-26(35(34-18)23-6-2-4-20(13-23)15-30)28(36)33-25-14-21(9-10-24(25)29)27(32-16-19-7-8-19)22-5-3-11-31-17-22;1-20-16-27(33(31-20)25-9-4-6-22(17-25)19-29)28(34)30-24-8-5-7-23(18-24)26(13-12-21-10-11-21)32-14-2-3-15-32/h2-9,14-18,22,24,31,34H,10-13,19-20,33H2,1H3,(H,35,38);2*2-6,9-14,17,19,27,32H,7-8,15-16,30H2,1H3,(H,33,36);4-9,16-18,21,26H,2-3,10-15,19,29H2,1H3,(H,30,34). The summed E-state index contributed by atoms with van der Waals surface area (Å²) in [6.45, 7) is 14.3. The quantitative estimate of drug-likeness (QED) is 0.0172. The topological polar surface area (TPSA) is 357 Å². The minimum absolute atomic E-state index is 0.0565. The maximum atomic E-state index is 14.9. The lowest BCUT2D eigenvalue weighted by Gasteiger charge is -2.28. The zero-order valence-corrected chi connectivity index (χ0v) is 82.9. The average Bonchev–Trinajstić information content (AvgIpc) is 1.40. The highest BCUT2D eigenvalue weighted by molar-refractivity contribution is 6.34. The number of carbonyl (C=O) groups excluding carboxylic acids is 4. The van der Waals surface area contributed by atoms with E-state index in [1.807, 2.05) is 192 Å². The lowest BCUT2D eigenvalue weighted by Crippen LogP contribution is -2.26. The van der Waals surface area contributed by atoms with Crippen LogP contribution in [0.4, 0.5) is 27.1 Å². The van der Waals surface area contributed by atoms with Crippen LogP contribution in [0.5, 0.6) is 0 Å². The largest absolute Gasteiger partial charge is 0.326 e. The fourth-order valence-corrected chi connectivity index (χ4v) is 18.9. The lowest BCUT2D eigenvalue weighted by molar-refractivity contribution is 0.101. The third-order valence-corrected chi connectivity index (χ3v) is 27.7. The average molecular weight is 1950 g/mol. The third-order valence-electron chi connectivity index (χ3n) is 27.3. The monoisotopic (exact) mass is 1950 g/mol. The van der Waals surface area contributed by atoms with E-state index in [9.17, 15) is 23.6 Å². The number of nitrogens with zero attached hydrogens (tertiary/aromatic N) is 11. The molecule has 9 aromatic carbocycles. The van der Waals surface area contributed by atoms with Gasteiger partial charge < -0.3 is 60.2 Å². The number of pyridine rings is 2. The molecule has 0 spiro atoms. The third kappa shape index (κ3) is 26.3. The van der Waals surface area contributed by atoms with Crippen LogP contribution in [0.25, 0.3) is 22.7 Å². The van der Waals surface area contributed by atoms with Crippen LogP contribution in [0.15, 0.2) is 280 Å². The van der Waals surface area contributed by atoms with Gasteiger partial charge in [-0.1, -0.05) is 146 Å². The van der Waals surface area contributed by atoms with Crippen LogP contribution in [-0.2, 0) is 26.2 Å². The Morgan fingerprint density at radius 1 is 0.368 bits per heavy atom. The molecule has 144 heavy (non-hydrogen) atoms. The molecule has 6 aromatic heterocycles. The number of halogens is 2. The van der Waals surface area contributed by atoms with Crippen molar-refractivity contribution in [3.05, 3.63) is 403 Å². The second kappa shape index (κ2) is 47.0. The Hall–Kier alpha value is -14.1. The van der Waals surface area contributed by atoms with Crippen molar-refractivity contribution in [3.63, 3.8) is 0 Å². The van der Waals surface area contributed by atoms with E-state index in [1.54, 1.807) is 55.4 Å². The molecule has 26 nitrogen and oxygen atoms in total. The van der Waals surface area contributed by atoms with Crippen molar-refractivity contribution in [2.75, 3.05) is 54.0 Å². The molecule has 1 saturated heterocycles. The van der Waals surface area contributed by atoms with Gasteiger partial charge >= 0.3 is 0 Å². The van der Waals surface area contributed by atoms with Crippen molar-refractivity contribution in [2.45, 2.75) is 174 Å². The Morgan fingerprint density at radius 3 is 1.18 bits per heavy atom. The molecule has 15 aromatic rings. The first-order valence-corrected chi connectivity index (χ1v) is 50.9. The summed E-state index contributed by atoms with van der Waals surface area (Å²) in [7, 11) is 0. The van der Waals surface area contributed by atoms with Crippen LogP contribution in [0.2, 0.25) is 5.02 Å². The summed E-state index contributed by atoms with van der Waals surface area (Å²) in [5.41, 5.74) is 46.3. The van der Waals surface area contributed by atoms with Crippen molar-refractivity contribution in [1.82, 2.24) is 69.9 Å². The summed E-state index contributed by atoms with van der Waals surface area (Å²) in [4.78, 5) is 64.9. The SMILES string of the molecule is Cc1cc(C(=O)Nc2cc(C(NCC3CC3)c3cccnc3)ccc2Cl)n(-c2cccc(CN)c2)n1.Cc1cc(C(=O)Nc2cc(C(NCC3CC3)c3cccnc3)ccc2F)n(-c2cccc(CN)c2)n1.Cc1cc(C(=O)Nc2cc(C3CC3)cc(C(NCC3CC3)c3ccccc3)c2)n(-c2cccc(CN)c2)n1.Cc1cc(C(=O)Nc2cccc(C(CCC3CC3)N3CCCC3)c2)n(-c2cccc(CN)c2)n1. The highest BCUT2D eigenvalue weighted by Crippen LogP contribution is 2.45. The Morgan fingerprint density at radius 2 is 0.757 bits per heavy atom. The molecule has 7 heterocycles. The van der Waals surface area contributed by atoms with Gasteiger partial charge in [0.2, 0.25) is 0 Å². The summed E-state index contributed by atoms with van der Waals surface area (Å²) >= 11 is 6.53. The van der Waals surface area contributed by atoms with Crippen molar-refractivity contribution in [1.29, 1.82) is 0 Å². The van der Waals surface area contributed by atoms with Crippen LogP contribution < -0.4 is 60.2 Å². The van der Waals surface area contributed by atoms with Crippen molar-refractivity contribution >= 4 is 58.0 Å². The lowest BCUT2D eigenvalue weighted by atomic mass is 9.95. The predicted molar refractivity (Wildman–Crippen MR) is 567 cm³/mol. The van der Waals surface area contributed by atoms with E-state index in [4.69, 9.17) is 34.5 Å². The van der Waals surface area contributed by atoms with Crippen LogP contribution in [0.1, 0.15) is 251 Å². The normalized spacial score (nSPS) is 15.2. The summed E-state index contributed by atoms with van der Waals surface area (Å²) in [6.07, 6.45) is 25.0. The second-order valence-electron chi connectivity index (χ2n) is 39.0. The molecule has 28 heteroatoms. The van der Waals surface area contributed by atoms with E-state index in [0.29, 0.717) is 88.9 Å². The molecule has 4 unspecified atom stereocenters. The minimum atomic E-state index is -0.507. The number of hydrogen-bond acceptors (Lipinski definition) is 18. The number of likely N-dealkylation sites (tertiary alicyclic amines) is 1. The van der Waals surface area contributed by atoms with E-state index in [-0.39, 0.29) is 41.5 Å². The highest BCUT2D eigenvalue weighted by Gasteiger charge is 2.34. The van der Waals surface area contributed by atoms with Gasteiger partial charge in [0.05, 0.1) is 80.0 Å². The molecule has 4 atom stereocenters. The Bertz CT molecular complexity index is 6750. The molecule has 21 rings (SSSR count). The number of rotatable bonds is 37. The van der Waals surface area contributed by atoms with E-state index >= 15 is 0 Å². The predicted octanol–water partition coefficient (Wildman–Crippen LogP) is 20.6. The Balaban J connectivity index is 0.000000126. The molecule has 0 radical (unpaired) electrons. The van der Waals surface area contributed by atoms with Gasteiger partial charge in [0.15, 0.2) is 0 Å². The second-order valence-corrected chi connectivity index (χ2v) is 39.4. The number of carbonyl (C=O) groups is 4. The molecule has 5 saturated carbocycles. The van der Waals surface area contributed by atoms with Crippen LogP contribution >= 0.6 is 11.6 Å². The summed E-state index contributed by atoms with van der Waals surface area (Å²) in [5, 5.41) is 41.8. The van der Waals surface area contributed by atoms with Crippen LogP contribution in [0, 0.1) is 57.2 Å². The summed E-state index contributed by atoms with van der Waals surface area (Å²) < 4.78 is 21.5. The van der Waals surface area contributed by atoms with Gasteiger partial charge in [-0.25, -0.2) is 23.1 Å². The number of hydrogen-bond donors (Lipinski definition) is 11. The molecule has 740 valence electrons. The first kappa shape index (κ1) is 100. The van der Waals surface area contributed by atoms with E-state index in [0.717, 1.165) is 127 Å². The van der Waals surface area contributed by atoms with Gasteiger partial charge in [0.1, 0.15) is 28.6 Å². The zero-order valence-electron chi connectivity index (χ0n) is 82.1. The fourth-order valence-electron chi connectivity index (χ4n) is 18.7. The van der Waals surface area contributed by atoms with Gasteiger partial charge in [-0.3, -0.25) is 34.0 Å². The Kier molecular flexibility index (Phi) is 32.6. The molecular weight excluding hydrogens is 1820 g/mol. The number of benzene rings is 9. The van der Waals surface area contributed by atoms with Crippen LogP contribution in [-0.4, -0.2) is 110 Å². The van der Waals surface area contributed by atoms with Crippen molar-refractivity contribution in [2.24, 2.45) is 46.6 Å². The molecule has 6 fully saturated rings. The number of anilines is 4. The zero-order chi connectivity index (χ0) is 99.7. The Labute approximate surface area is 846 Å². The summed E-state index contributed by atoms with van der Waals surface area (Å²) in [5.74, 6) is 2.07. The molecular formula is C116H128ClFN22O4. The van der Waals surface area contributed by atoms with E-state index in [1.165, 1.54) is 131 Å². The van der Waals surface area contributed by atoms with Crippen molar-refractivity contribution in [3.8, 4) is 22.7 Å². The number of nitrogens with two attached hydrogens (primary N) is 4. The molecule has 5 aliphatic carbocycles. The van der Waals surface area contributed by atoms with Gasteiger partial charge in [-0.2, -0.15) is 20.4 Å². The van der Waals surface area contributed by atoms with Crippen molar-refractivity contribution < 1.29 is 23.6 Å². The number of amides is 4. The van der Waals surface area contributed by atoms with Gasteiger partial charge in [0.25, 0.3) is 23.6 Å². The van der Waals surface area contributed by atoms with E-state index in [2.05, 4.69) is 145 Å². The fraction of sp³-hybridized carbons (Fsp3) is 0.310. The smallest absolute Gasteiger partial charge is 0.274 e. The molecule has 6 aliphatic rings. The minimum Gasteiger partial charge on any atom is -0.326 e. The molecule has 1 aliphatic heterocycles. The van der Waals surface area contributed by atoms with Gasteiger partial charge in [-0.05, 0) is 367 Å². The number of aromatic nitrogens is 10. The maximum absolute atomic E-state index is 14.9. The first-order chi connectivity index (χ1) is 70.2. The summed E-state index contributed by atoms with van der Waals surface area (Å²) in [6, 6.07) is 82.4. The number of nitrogens with one attached hydrogen (secondary N) is 7. The first-order valence-electron chi connectivity index (χ1n) is 50.5. The molecule has 15 N–H and O–H groups in total. The van der Waals surface area contributed by atoms with E-state index < -0.39 is 11.7 Å². The van der Waals surface area contributed by atoms with Gasteiger partial charge in [-0.15, -0.1) is 0 Å².